The first-order valence-corrected chi connectivity index (χ1v) is 5.72. The summed E-state index contributed by atoms with van der Waals surface area (Å²) in [5, 5.41) is 0. The van der Waals surface area contributed by atoms with Gasteiger partial charge in [0.2, 0.25) is 0 Å². The predicted molar refractivity (Wildman–Crippen MR) is 68.1 cm³/mol. The van der Waals surface area contributed by atoms with Crippen LogP contribution in [-0.4, -0.2) is 20.5 Å². The minimum Gasteiger partial charge on any atom is -0.493 e. The van der Waals surface area contributed by atoms with Crippen molar-refractivity contribution in [2.24, 2.45) is 0 Å². The van der Waals surface area contributed by atoms with Crippen LogP contribution in [0.5, 0.6) is 11.5 Å². The Hall–Kier alpha value is -1.51. The van der Waals surface area contributed by atoms with Crippen LogP contribution in [0.2, 0.25) is 0 Å². The molecule has 17 heavy (non-hydrogen) atoms. The van der Waals surface area contributed by atoms with Crippen molar-refractivity contribution in [3.63, 3.8) is 0 Å². The molecule has 0 N–H and O–H groups in total. The maximum atomic E-state index is 10.7. The van der Waals surface area contributed by atoms with E-state index in [1.807, 2.05) is 26.8 Å². The minimum absolute atomic E-state index is 0.135. The van der Waals surface area contributed by atoms with Gasteiger partial charge in [0.1, 0.15) is 6.29 Å². The molecule has 3 heteroatoms. The van der Waals surface area contributed by atoms with Gasteiger partial charge in [-0.1, -0.05) is 6.92 Å². The number of aldehydes is 1. The lowest BCUT2D eigenvalue weighted by Gasteiger charge is -2.20. The first kappa shape index (κ1) is 13.6. The zero-order chi connectivity index (χ0) is 13.0. The van der Waals surface area contributed by atoms with E-state index >= 15 is 0 Å². The second-order valence-electron chi connectivity index (χ2n) is 4.27. The van der Waals surface area contributed by atoms with Crippen LogP contribution >= 0.6 is 0 Å². The third-order valence-corrected chi connectivity index (χ3v) is 3.18. The molecule has 1 aromatic carbocycles. The van der Waals surface area contributed by atoms with Gasteiger partial charge < -0.3 is 14.3 Å². The molecule has 0 radical (unpaired) electrons. The van der Waals surface area contributed by atoms with Crippen LogP contribution in [0.3, 0.4) is 0 Å². The zero-order valence-electron chi connectivity index (χ0n) is 11.2. The molecule has 1 aromatic rings. The van der Waals surface area contributed by atoms with Gasteiger partial charge in [-0.15, -0.1) is 0 Å². The van der Waals surface area contributed by atoms with Gasteiger partial charge in [-0.05, 0) is 37.0 Å². The van der Waals surface area contributed by atoms with Gasteiger partial charge in [-0.25, -0.2) is 0 Å². The minimum atomic E-state index is 0.135. The Labute approximate surface area is 103 Å². The summed E-state index contributed by atoms with van der Waals surface area (Å²) in [5.74, 6) is 1.60. The van der Waals surface area contributed by atoms with Crippen LogP contribution in [-0.2, 0) is 4.79 Å². The highest BCUT2D eigenvalue weighted by atomic mass is 16.5. The van der Waals surface area contributed by atoms with Gasteiger partial charge in [0.25, 0.3) is 0 Å². The molecule has 0 bridgehead atoms. The first-order chi connectivity index (χ1) is 8.06. The highest BCUT2D eigenvalue weighted by Crippen LogP contribution is 2.40. The summed E-state index contributed by atoms with van der Waals surface area (Å²) >= 11 is 0. The Balaban J connectivity index is 3.42. The highest BCUT2D eigenvalue weighted by Gasteiger charge is 2.19. The second-order valence-corrected chi connectivity index (χ2v) is 4.27. The Kier molecular flexibility index (Phi) is 4.55. The fourth-order valence-electron chi connectivity index (χ4n) is 2.10. The van der Waals surface area contributed by atoms with E-state index in [9.17, 15) is 4.79 Å². The molecule has 0 saturated heterocycles. The Bertz CT molecular complexity index is 410. The summed E-state index contributed by atoms with van der Waals surface area (Å²) in [4.78, 5) is 10.7. The number of carbonyl (C=O) groups excluding carboxylic acids is 1. The SMILES string of the molecule is COc1cc(C)c(C)c(C(C)CC=O)c1OC. The quantitative estimate of drug-likeness (QED) is 0.737. The highest BCUT2D eigenvalue weighted by molar-refractivity contribution is 5.58. The van der Waals surface area contributed by atoms with Crippen molar-refractivity contribution in [1.82, 2.24) is 0 Å². The van der Waals surface area contributed by atoms with E-state index in [-0.39, 0.29) is 5.92 Å². The van der Waals surface area contributed by atoms with Crippen molar-refractivity contribution in [3.05, 3.63) is 22.8 Å². The summed E-state index contributed by atoms with van der Waals surface area (Å²) in [5.41, 5.74) is 3.38. The largest absolute Gasteiger partial charge is 0.493 e. The third-order valence-electron chi connectivity index (χ3n) is 3.18. The second kappa shape index (κ2) is 5.71. The number of hydrogen-bond acceptors (Lipinski definition) is 3. The molecule has 1 atom stereocenters. The molecule has 3 nitrogen and oxygen atoms in total. The molecule has 0 saturated carbocycles. The molecule has 0 amide bonds. The molecule has 0 aliphatic rings. The zero-order valence-corrected chi connectivity index (χ0v) is 11.2. The van der Waals surface area contributed by atoms with Crippen LogP contribution in [0, 0.1) is 13.8 Å². The van der Waals surface area contributed by atoms with Gasteiger partial charge in [0.05, 0.1) is 14.2 Å². The number of benzene rings is 1. The smallest absolute Gasteiger partial charge is 0.164 e. The van der Waals surface area contributed by atoms with E-state index in [1.165, 1.54) is 0 Å². The van der Waals surface area contributed by atoms with Crippen LogP contribution in [0.15, 0.2) is 6.07 Å². The average molecular weight is 236 g/mol. The van der Waals surface area contributed by atoms with Crippen LogP contribution in [0.4, 0.5) is 0 Å². The molecule has 0 heterocycles. The molecule has 0 aliphatic heterocycles. The van der Waals surface area contributed by atoms with E-state index in [1.54, 1.807) is 14.2 Å². The first-order valence-electron chi connectivity index (χ1n) is 5.72. The number of aryl methyl sites for hydroxylation is 1. The summed E-state index contributed by atoms with van der Waals surface area (Å²) in [6.45, 7) is 6.11. The van der Waals surface area contributed by atoms with E-state index in [0.717, 1.165) is 34.5 Å². The van der Waals surface area contributed by atoms with Gasteiger partial charge >= 0.3 is 0 Å². The standard InChI is InChI=1S/C14H20O3/c1-9(6-7-15)13-11(3)10(2)8-12(16-4)14(13)17-5/h7-9H,6H2,1-5H3. The number of rotatable bonds is 5. The van der Waals surface area contributed by atoms with E-state index in [2.05, 4.69) is 0 Å². The summed E-state index contributed by atoms with van der Waals surface area (Å²) in [7, 11) is 3.25. The molecular formula is C14H20O3. The molecule has 1 rings (SSSR count). The van der Waals surface area contributed by atoms with Crippen molar-refractivity contribution in [2.75, 3.05) is 14.2 Å². The van der Waals surface area contributed by atoms with Gasteiger partial charge in [-0.3, -0.25) is 0 Å². The molecule has 94 valence electrons. The lowest BCUT2D eigenvalue weighted by atomic mass is 9.90. The van der Waals surface area contributed by atoms with Crippen LogP contribution in [0.25, 0.3) is 0 Å². The van der Waals surface area contributed by atoms with Gasteiger partial charge in [-0.2, -0.15) is 0 Å². The topological polar surface area (TPSA) is 35.5 Å². The molecule has 0 aliphatic carbocycles. The summed E-state index contributed by atoms with van der Waals surface area (Å²) in [6.07, 6.45) is 1.43. The number of carbonyl (C=O) groups is 1. The van der Waals surface area contributed by atoms with Crippen molar-refractivity contribution in [3.8, 4) is 11.5 Å². The maximum Gasteiger partial charge on any atom is 0.164 e. The lowest BCUT2D eigenvalue weighted by molar-refractivity contribution is -0.108. The Morgan fingerprint density at radius 1 is 1.29 bits per heavy atom. The van der Waals surface area contributed by atoms with E-state index in [0.29, 0.717) is 6.42 Å². The number of hydrogen-bond donors (Lipinski definition) is 0. The van der Waals surface area contributed by atoms with Gasteiger partial charge in [0.15, 0.2) is 11.5 Å². The van der Waals surface area contributed by atoms with Crippen molar-refractivity contribution < 1.29 is 14.3 Å². The Morgan fingerprint density at radius 2 is 1.94 bits per heavy atom. The molecule has 0 aromatic heterocycles. The summed E-state index contributed by atoms with van der Waals surface area (Å²) < 4.78 is 10.8. The van der Waals surface area contributed by atoms with E-state index < -0.39 is 0 Å². The number of ether oxygens (including phenoxy) is 2. The van der Waals surface area contributed by atoms with Crippen LogP contribution < -0.4 is 9.47 Å². The normalized spacial score (nSPS) is 12.1. The van der Waals surface area contributed by atoms with Crippen molar-refractivity contribution in [2.45, 2.75) is 33.1 Å². The third kappa shape index (κ3) is 2.60. The van der Waals surface area contributed by atoms with Gasteiger partial charge in [0, 0.05) is 12.0 Å². The molecule has 0 fully saturated rings. The fraction of sp³-hybridized carbons (Fsp3) is 0.500. The lowest BCUT2D eigenvalue weighted by Crippen LogP contribution is -2.05. The predicted octanol–water partition coefficient (Wildman–Crippen LogP) is 3.01. The van der Waals surface area contributed by atoms with Crippen molar-refractivity contribution >= 4 is 6.29 Å². The maximum absolute atomic E-state index is 10.7. The molecule has 1 unspecified atom stereocenters. The molecular weight excluding hydrogens is 216 g/mol. The monoisotopic (exact) mass is 236 g/mol. The fourth-order valence-corrected chi connectivity index (χ4v) is 2.10. The van der Waals surface area contributed by atoms with Crippen molar-refractivity contribution in [1.29, 1.82) is 0 Å². The molecule has 0 spiro atoms. The Morgan fingerprint density at radius 3 is 2.41 bits per heavy atom. The number of methoxy groups -OCH3 is 2. The van der Waals surface area contributed by atoms with Crippen LogP contribution in [0.1, 0.15) is 36.0 Å². The summed E-state index contributed by atoms with van der Waals surface area (Å²) in [6, 6.07) is 1.96. The average Bonchev–Trinajstić information content (AvgIpc) is 2.31. The van der Waals surface area contributed by atoms with E-state index in [4.69, 9.17) is 9.47 Å².